The van der Waals surface area contributed by atoms with Gasteiger partial charge in [-0.1, -0.05) is 19.9 Å². The van der Waals surface area contributed by atoms with Crippen molar-refractivity contribution >= 4 is 0 Å². The molecular weight excluding hydrogens is 438 g/mol. The predicted octanol–water partition coefficient (Wildman–Crippen LogP) is 5.79. The average molecular weight is 484 g/mol. The van der Waals surface area contributed by atoms with Gasteiger partial charge in [-0.3, -0.25) is 0 Å². The molecule has 2 bridgehead atoms. The van der Waals surface area contributed by atoms with Gasteiger partial charge in [0.05, 0.1) is 26.9 Å². The van der Waals surface area contributed by atoms with Crippen LogP contribution in [0.4, 0.5) is 0 Å². The van der Waals surface area contributed by atoms with Crippen molar-refractivity contribution in [3.05, 3.63) is 23.8 Å². The van der Waals surface area contributed by atoms with Crippen LogP contribution in [0.1, 0.15) is 77.2 Å². The number of ether oxygens (including phenoxy) is 4. The standard InChI is InChI=1S/C30H45NO4/c1-20-12-22-13-21(2)16-28(15-20,17-22)27-19-34-30(35-27)9-8-29(10-11-31(3)26(29)18-30)23-6-7-24(32-4)25(14-23)33-5/h6-7,14,20-22,26-27H,8-13,15-19H2,1-5H3. The summed E-state index contributed by atoms with van der Waals surface area (Å²) in [6, 6.07) is 6.96. The van der Waals surface area contributed by atoms with E-state index in [0.717, 1.165) is 61.7 Å². The summed E-state index contributed by atoms with van der Waals surface area (Å²) < 4.78 is 25.1. The normalized spacial score (nSPS) is 45.5. The summed E-state index contributed by atoms with van der Waals surface area (Å²) in [7, 11) is 5.73. The molecule has 2 aliphatic heterocycles. The van der Waals surface area contributed by atoms with Crippen LogP contribution < -0.4 is 9.47 Å². The molecule has 5 aliphatic rings. The molecule has 6 unspecified atom stereocenters. The van der Waals surface area contributed by atoms with E-state index in [1.54, 1.807) is 14.2 Å². The van der Waals surface area contributed by atoms with Crippen molar-refractivity contribution in [2.45, 2.75) is 95.0 Å². The van der Waals surface area contributed by atoms with E-state index in [2.05, 4.69) is 44.0 Å². The summed E-state index contributed by atoms with van der Waals surface area (Å²) in [5.74, 6) is 3.71. The molecule has 6 rings (SSSR count). The third-order valence-corrected chi connectivity index (χ3v) is 10.7. The molecule has 0 radical (unpaired) electrons. The molecule has 1 aromatic carbocycles. The Bertz CT molecular complexity index is 931. The molecule has 0 amide bonds. The van der Waals surface area contributed by atoms with Gasteiger partial charge in [0.2, 0.25) is 0 Å². The van der Waals surface area contributed by atoms with Crippen molar-refractivity contribution in [2.24, 2.45) is 23.2 Å². The van der Waals surface area contributed by atoms with Crippen molar-refractivity contribution in [2.75, 3.05) is 34.4 Å². The number of nitrogens with zero attached hydrogens (tertiary/aromatic N) is 1. The average Bonchev–Trinajstić information content (AvgIpc) is 3.40. The SMILES string of the molecule is COc1ccc(C23CCN(C)C2CC2(CC3)OCC(C34CC(C)CC(CC(C)C3)C4)O2)cc1OC. The van der Waals surface area contributed by atoms with E-state index < -0.39 is 5.79 Å². The number of benzene rings is 1. The first kappa shape index (κ1) is 24.1. The minimum Gasteiger partial charge on any atom is -0.493 e. The highest BCUT2D eigenvalue weighted by atomic mass is 16.7. The van der Waals surface area contributed by atoms with Crippen LogP contribution in [0.15, 0.2) is 18.2 Å². The van der Waals surface area contributed by atoms with Gasteiger partial charge in [0, 0.05) is 24.3 Å². The van der Waals surface area contributed by atoms with Crippen LogP contribution in [0.3, 0.4) is 0 Å². The molecule has 3 saturated carbocycles. The quantitative estimate of drug-likeness (QED) is 0.542. The minimum atomic E-state index is -0.417. The predicted molar refractivity (Wildman–Crippen MR) is 137 cm³/mol. The van der Waals surface area contributed by atoms with Crippen LogP contribution >= 0.6 is 0 Å². The summed E-state index contributed by atoms with van der Waals surface area (Å²) in [5, 5.41) is 0. The van der Waals surface area contributed by atoms with Crippen molar-refractivity contribution in [3.63, 3.8) is 0 Å². The molecule has 6 atom stereocenters. The molecular formula is C30H45NO4. The molecule has 2 saturated heterocycles. The first-order valence-corrected chi connectivity index (χ1v) is 14.0. The monoisotopic (exact) mass is 483 g/mol. The molecule has 5 nitrogen and oxygen atoms in total. The van der Waals surface area contributed by atoms with Gasteiger partial charge in [-0.15, -0.1) is 0 Å². The summed E-state index contributed by atoms with van der Waals surface area (Å²) in [5.41, 5.74) is 1.81. The second-order valence-corrected chi connectivity index (χ2v) is 13.0. The number of likely N-dealkylation sites (tertiary alicyclic amines) is 1. The minimum absolute atomic E-state index is 0.118. The number of rotatable bonds is 4. The van der Waals surface area contributed by atoms with Crippen LogP contribution in [0.5, 0.6) is 11.5 Å². The summed E-state index contributed by atoms with van der Waals surface area (Å²) in [4.78, 5) is 2.55. The van der Waals surface area contributed by atoms with E-state index in [0.29, 0.717) is 11.5 Å². The lowest BCUT2D eigenvalue weighted by molar-refractivity contribution is -0.220. The van der Waals surface area contributed by atoms with Crippen molar-refractivity contribution in [3.8, 4) is 11.5 Å². The Morgan fingerprint density at radius 2 is 1.66 bits per heavy atom. The molecule has 1 aromatic rings. The number of methoxy groups -OCH3 is 2. The topological polar surface area (TPSA) is 40.2 Å². The Kier molecular flexibility index (Phi) is 5.93. The molecule has 0 aromatic heterocycles. The third-order valence-electron chi connectivity index (χ3n) is 10.7. The van der Waals surface area contributed by atoms with Crippen LogP contribution in [0, 0.1) is 23.2 Å². The van der Waals surface area contributed by atoms with Crippen LogP contribution in [-0.4, -0.2) is 57.3 Å². The molecule has 194 valence electrons. The van der Waals surface area contributed by atoms with Crippen LogP contribution in [0.25, 0.3) is 0 Å². The Morgan fingerprint density at radius 3 is 2.37 bits per heavy atom. The van der Waals surface area contributed by atoms with E-state index in [1.165, 1.54) is 44.1 Å². The van der Waals surface area contributed by atoms with Crippen molar-refractivity contribution in [1.82, 2.24) is 4.90 Å². The molecule has 3 aliphatic carbocycles. The van der Waals surface area contributed by atoms with Crippen molar-refractivity contribution < 1.29 is 18.9 Å². The van der Waals surface area contributed by atoms with Gasteiger partial charge < -0.3 is 23.8 Å². The van der Waals surface area contributed by atoms with E-state index >= 15 is 0 Å². The second kappa shape index (κ2) is 8.63. The first-order valence-electron chi connectivity index (χ1n) is 14.0. The highest BCUT2D eigenvalue weighted by Crippen LogP contribution is 2.60. The number of hydrogen-bond acceptors (Lipinski definition) is 5. The number of fused-ring (bicyclic) bond motifs is 3. The molecule has 5 heteroatoms. The Morgan fingerprint density at radius 1 is 0.914 bits per heavy atom. The maximum Gasteiger partial charge on any atom is 0.170 e. The largest absolute Gasteiger partial charge is 0.493 e. The second-order valence-electron chi connectivity index (χ2n) is 13.0. The smallest absolute Gasteiger partial charge is 0.170 e. The van der Waals surface area contributed by atoms with Crippen molar-refractivity contribution in [1.29, 1.82) is 0 Å². The molecule has 1 spiro atoms. The molecule has 0 N–H and O–H groups in total. The Balaban J connectivity index is 1.25. The highest BCUT2D eigenvalue weighted by Gasteiger charge is 2.61. The summed E-state index contributed by atoms with van der Waals surface area (Å²) >= 11 is 0. The van der Waals surface area contributed by atoms with Gasteiger partial charge in [0.25, 0.3) is 0 Å². The fourth-order valence-electron chi connectivity index (χ4n) is 9.47. The van der Waals surface area contributed by atoms with Gasteiger partial charge in [-0.25, -0.2) is 0 Å². The van der Waals surface area contributed by atoms with E-state index in [4.69, 9.17) is 18.9 Å². The zero-order valence-electron chi connectivity index (χ0n) is 22.5. The fourth-order valence-corrected chi connectivity index (χ4v) is 9.47. The Labute approximate surface area is 211 Å². The maximum absolute atomic E-state index is 7.13. The lowest BCUT2D eigenvalue weighted by Crippen LogP contribution is -2.54. The van der Waals surface area contributed by atoms with E-state index in [9.17, 15) is 0 Å². The van der Waals surface area contributed by atoms with Crippen LogP contribution in [-0.2, 0) is 14.9 Å². The summed E-state index contributed by atoms with van der Waals surface area (Å²) in [6.45, 7) is 6.83. The van der Waals surface area contributed by atoms with Gasteiger partial charge in [-0.05, 0) is 99.4 Å². The van der Waals surface area contributed by atoms with E-state index in [1.807, 2.05) is 0 Å². The molecule has 5 fully saturated rings. The van der Waals surface area contributed by atoms with E-state index in [-0.39, 0.29) is 11.5 Å². The molecule has 2 heterocycles. The highest BCUT2D eigenvalue weighted by molar-refractivity contribution is 5.46. The lowest BCUT2D eigenvalue weighted by atomic mass is 9.55. The first-order chi connectivity index (χ1) is 16.8. The third kappa shape index (κ3) is 3.83. The number of hydrogen-bond donors (Lipinski definition) is 0. The Hall–Kier alpha value is -1.30. The van der Waals surface area contributed by atoms with Gasteiger partial charge >= 0.3 is 0 Å². The van der Waals surface area contributed by atoms with Crippen LogP contribution in [0.2, 0.25) is 0 Å². The zero-order chi connectivity index (χ0) is 24.4. The van der Waals surface area contributed by atoms with Gasteiger partial charge in [0.1, 0.15) is 0 Å². The van der Waals surface area contributed by atoms with Gasteiger partial charge in [-0.2, -0.15) is 0 Å². The lowest BCUT2D eigenvalue weighted by Gasteiger charge is -2.53. The van der Waals surface area contributed by atoms with Gasteiger partial charge in [0.15, 0.2) is 17.3 Å². The summed E-state index contributed by atoms with van der Waals surface area (Å²) in [6.07, 6.45) is 11.3. The molecule has 35 heavy (non-hydrogen) atoms. The number of likely N-dealkylation sites (N-methyl/N-ethyl adjacent to an activating group) is 1. The fraction of sp³-hybridized carbons (Fsp3) is 0.800. The zero-order valence-corrected chi connectivity index (χ0v) is 22.5. The maximum atomic E-state index is 7.13.